The fourth-order valence-corrected chi connectivity index (χ4v) is 2.82. The number of piperidine rings is 1. The van der Waals surface area contributed by atoms with Crippen LogP contribution >= 0.6 is 0 Å². The second-order valence-electron chi connectivity index (χ2n) is 5.65. The van der Waals surface area contributed by atoms with Crippen LogP contribution in [0.1, 0.15) is 38.2 Å². The fraction of sp³-hybridized carbons (Fsp3) is 0.529. The van der Waals surface area contributed by atoms with Crippen LogP contribution < -0.4 is 4.90 Å². The quantitative estimate of drug-likeness (QED) is 0.854. The van der Waals surface area contributed by atoms with Gasteiger partial charge in [0.05, 0.1) is 0 Å². The van der Waals surface area contributed by atoms with Crippen molar-refractivity contribution in [3.63, 3.8) is 0 Å². The van der Waals surface area contributed by atoms with Crippen LogP contribution in [0.25, 0.3) is 0 Å². The number of para-hydroxylation sites is 1. The topological polar surface area (TPSA) is 40.6 Å². The number of amides is 2. The molecule has 1 aliphatic rings. The Morgan fingerprint density at radius 1 is 1.14 bits per heavy atom. The number of carbonyl (C=O) groups is 2. The molecule has 21 heavy (non-hydrogen) atoms. The van der Waals surface area contributed by atoms with E-state index in [0.29, 0.717) is 13.0 Å². The largest absolute Gasteiger partial charge is 0.343 e. The zero-order valence-electron chi connectivity index (χ0n) is 13.0. The Morgan fingerprint density at radius 3 is 2.43 bits per heavy atom. The van der Waals surface area contributed by atoms with Crippen molar-refractivity contribution in [2.45, 2.75) is 39.5 Å². The number of aryl methyl sites for hydroxylation is 1. The third-order valence-corrected chi connectivity index (χ3v) is 4.04. The van der Waals surface area contributed by atoms with Gasteiger partial charge in [0.1, 0.15) is 0 Å². The standard InChI is InChI=1S/C17H24N2O2/c1-14-8-4-5-9-16(14)19(15(2)20)13-10-17(21)18-11-6-3-7-12-18/h4-5,8-9H,3,6-7,10-13H2,1-2H3. The third-order valence-electron chi connectivity index (χ3n) is 4.04. The predicted molar refractivity (Wildman–Crippen MR) is 84.3 cm³/mol. The molecule has 1 aliphatic heterocycles. The van der Waals surface area contributed by atoms with Crippen LogP contribution in [0.4, 0.5) is 5.69 Å². The molecule has 1 saturated heterocycles. The van der Waals surface area contributed by atoms with E-state index in [-0.39, 0.29) is 11.8 Å². The first kappa shape index (κ1) is 15.5. The van der Waals surface area contributed by atoms with E-state index in [4.69, 9.17) is 0 Å². The van der Waals surface area contributed by atoms with Crippen LogP contribution in [-0.4, -0.2) is 36.3 Å². The van der Waals surface area contributed by atoms with E-state index in [1.54, 1.807) is 11.8 Å². The number of hydrogen-bond donors (Lipinski definition) is 0. The summed E-state index contributed by atoms with van der Waals surface area (Å²) < 4.78 is 0. The van der Waals surface area contributed by atoms with Gasteiger partial charge in [0.25, 0.3) is 0 Å². The molecule has 0 saturated carbocycles. The van der Waals surface area contributed by atoms with Gasteiger partial charge < -0.3 is 9.80 Å². The van der Waals surface area contributed by atoms with Gasteiger partial charge in [0, 0.05) is 38.7 Å². The van der Waals surface area contributed by atoms with E-state index < -0.39 is 0 Å². The van der Waals surface area contributed by atoms with Gasteiger partial charge in [-0.05, 0) is 37.8 Å². The lowest BCUT2D eigenvalue weighted by molar-refractivity contribution is -0.131. The molecular weight excluding hydrogens is 264 g/mol. The van der Waals surface area contributed by atoms with Gasteiger partial charge in [-0.25, -0.2) is 0 Å². The first-order valence-corrected chi connectivity index (χ1v) is 7.71. The number of nitrogens with zero attached hydrogens (tertiary/aromatic N) is 2. The maximum Gasteiger partial charge on any atom is 0.224 e. The first-order chi connectivity index (χ1) is 10.1. The highest BCUT2D eigenvalue weighted by Crippen LogP contribution is 2.20. The minimum atomic E-state index is -0.0178. The van der Waals surface area contributed by atoms with Crippen LogP contribution in [0.15, 0.2) is 24.3 Å². The SMILES string of the molecule is CC(=O)N(CCC(=O)N1CCCCC1)c1ccccc1C. The molecule has 1 aromatic rings. The van der Waals surface area contributed by atoms with E-state index in [1.807, 2.05) is 36.1 Å². The van der Waals surface area contributed by atoms with Gasteiger partial charge in [-0.3, -0.25) is 9.59 Å². The van der Waals surface area contributed by atoms with Gasteiger partial charge in [-0.1, -0.05) is 18.2 Å². The Hall–Kier alpha value is -1.84. The van der Waals surface area contributed by atoms with Crippen LogP contribution in [0.5, 0.6) is 0 Å². The average Bonchev–Trinajstić information content (AvgIpc) is 2.49. The molecule has 2 rings (SSSR count). The molecule has 0 aliphatic carbocycles. The lowest BCUT2D eigenvalue weighted by Crippen LogP contribution is -2.39. The van der Waals surface area contributed by atoms with Crippen LogP contribution in [0, 0.1) is 6.92 Å². The van der Waals surface area contributed by atoms with Gasteiger partial charge in [0.15, 0.2) is 0 Å². The average molecular weight is 288 g/mol. The number of anilines is 1. The molecule has 114 valence electrons. The minimum absolute atomic E-state index is 0.0178. The molecule has 2 amide bonds. The second-order valence-corrected chi connectivity index (χ2v) is 5.65. The van der Waals surface area contributed by atoms with Crippen LogP contribution in [0.2, 0.25) is 0 Å². The molecular formula is C17H24N2O2. The summed E-state index contributed by atoms with van der Waals surface area (Å²) in [6, 6.07) is 7.79. The van der Waals surface area contributed by atoms with Crippen molar-refractivity contribution in [1.82, 2.24) is 4.90 Å². The Morgan fingerprint density at radius 2 is 1.81 bits per heavy atom. The fourth-order valence-electron chi connectivity index (χ4n) is 2.82. The summed E-state index contributed by atoms with van der Waals surface area (Å²) in [5, 5.41) is 0. The van der Waals surface area contributed by atoms with E-state index in [2.05, 4.69) is 0 Å². The second kappa shape index (κ2) is 7.25. The molecule has 1 heterocycles. The molecule has 1 fully saturated rings. The number of benzene rings is 1. The smallest absolute Gasteiger partial charge is 0.224 e. The summed E-state index contributed by atoms with van der Waals surface area (Å²) >= 11 is 0. The Bertz CT molecular complexity index is 507. The predicted octanol–water partition coefficient (Wildman–Crippen LogP) is 2.75. The maximum absolute atomic E-state index is 12.2. The Kier molecular flexibility index (Phi) is 5.37. The summed E-state index contributed by atoms with van der Waals surface area (Å²) in [7, 11) is 0. The monoisotopic (exact) mass is 288 g/mol. The normalized spacial score (nSPS) is 14.9. The molecule has 0 unspecified atom stereocenters. The summed E-state index contributed by atoms with van der Waals surface area (Å²) in [5.74, 6) is 0.144. The van der Waals surface area contributed by atoms with Crippen molar-refractivity contribution < 1.29 is 9.59 Å². The zero-order valence-corrected chi connectivity index (χ0v) is 13.0. The van der Waals surface area contributed by atoms with Crippen LogP contribution in [-0.2, 0) is 9.59 Å². The molecule has 0 radical (unpaired) electrons. The molecule has 1 aromatic carbocycles. The third kappa shape index (κ3) is 4.06. The first-order valence-electron chi connectivity index (χ1n) is 7.71. The summed E-state index contributed by atoms with van der Waals surface area (Å²) in [6.07, 6.45) is 3.81. The van der Waals surface area contributed by atoms with Crippen molar-refractivity contribution in [3.05, 3.63) is 29.8 Å². The van der Waals surface area contributed by atoms with Gasteiger partial charge in [-0.2, -0.15) is 0 Å². The van der Waals surface area contributed by atoms with Crippen molar-refractivity contribution in [2.75, 3.05) is 24.5 Å². The van der Waals surface area contributed by atoms with Crippen molar-refractivity contribution in [1.29, 1.82) is 0 Å². The molecule has 0 bridgehead atoms. The van der Waals surface area contributed by atoms with Gasteiger partial charge in [0.2, 0.25) is 11.8 Å². The maximum atomic E-state index is 12.2. The number of likely N-dealkylation sites (tertiary alicyclic amines) is 1. The molecule has 0 spiro atoms. The van der Waals surface area contributed by atoms with Crippen molar-refractivity contribution >= 4 is 17.5 Å². The molecule has 0 N–H and O–H groups in total. The van der Waals surface area contributed by atoms with E-state index in [1.165, 1.54) is 6.42 Å². The zero-order chi connectivity index (χ0) is 15.2. The van der Waals surface area contributed by atoms with Crippen molar-refractivity contribution in [3.8, 4) is 0 Å². The number of carbonyl (C=O) groups excluding carboxylic acids is 2. The molecule has 4 nitrogen and oxygen atoms in total. The Labute approximate surface area is 126 Å². The molecule has 0 aromatic heterocycles. The minimum Gasteiger partial charge on any atom is -0.343 e. The highest BCUT2D eigenvalue weighted by Gasteiger charge is 2.19. The Balaban J connectivity index is 1.99. The summed E-state index contributed by atoms with van der Waals surface area (Å²) in [5.41, 5.74) is 1.95. The molecule has 0 atom stereocenters. The van der Waals surface area contributed by atoms with Gasteiger partial charge in [-0.15, -0.1) is 0 Å². The summed E-state index contributed by atoms with van der Waals surface area (Å²) in [4.78, 5) is 27.8. The summed E-state index contributed by atoms with van der Waals surface area (Å²) in [6.45, 7) is 5.72. The lowest BCUT2D eigenvalue weighted by Gasteiger charge is -2.28. The highest BCUT2D eigenvalue weighted by atomic mass is 16.2. The van der Waals surface area contributed by atoms with E-state index in [0.717, 1.165) is 37.2 Å². The number of rotatable bonds is 4. The highest BCUT2D eigenvalue weighted by molar-refractivity contribution is 5.93. The molecule has 4 heteroatoms. The van der Waals surface area contributed by atoms with E-state index >= 15 is 0 Å². The van der Waals surface area contributed by atoms with E-state index in [9.17, 15) is 9.59 Å². The van der Waals surface area contributed by atoms with Crippen molar-refractivity contribution in [2.24, 2.45) is 0 Å². The van der Waals surface area contributed by atoms with Gasteiger partial charge >= 0.3 is 0 Å². The van der Waals surface area contributed by atoms with Crippen LogP contribution in [0.3, 0.4) is 0 Å². The lowest BCUT2D eigenvalue weighted by atomic mass is 10.1. The number of hydrogen-bond acceptors (Lipinski definition) is 2.